The van der Waals surface area contributed by atoms with Crippen molar-refractivity contribution in [2.24, 2.45) is 41.4 Å². The van der Waals surface area contributed by atoms with Crippen LogP contribution in [0.2, 0.25) is 0 Å². The van der Waals surface area contributed by atoms with Crippen LogP contribution in [0.5, 0.6) is 11.5 Å². The van der Waals surface area contributed by atoms with Crippen molar-refractivity contribution in [1.29, 1.82) is 0 Å². The van der Waals surface area contributed by atoms with Crippen LogP contribution in [0.25, 0.3) is 0 Å². The lowest BCUT2D eigenvalue weighted by molar-refractivity contribution is -0.239. The van der Waals surface area contributed by atoms with E-state index in [1.165, 1.54) is 0 Å². The molecule has 74 heavy (non-hydrogen) atoms. The van der Waals surface area contributed by atoms with Crippen LogP contribution < -0.4 is 10.1 Å². The first-order valence-electron chi connectivity index (χ1n) is 27.3. The highest BCUT2D eigenvalue weighted by atomic mass is 16.6. The Morgan fingerprint density at radius 2 is 1.69 bits per heavy atom. The van der Waals surface area contributed by atoms with Gasteiger partial charge >= 0.3 is 11.9 Å². The molecule has 13 atom stereocenters. The molecule has 0 amide bonds. The highest BCUT2D eigenvalue weighted by Crippen LogP contribution is 2.64. The van der Waals surface area contributed by atoms with Gasteiger partial charge in [0.05, 0.1) is 30.7 Å². The number of hydrogen-bond donors (Lipinski definition) is 6. The van der Waals surface area contributed by atoms with Gasteiger partial charge in [-0.1, -0.05) is 85.7 Å². The molecule has 12 heteroatoms. The molecule has 3 aromatic carbocycles. The second-order valence-electron chi connectivity index (χ2n) is 23.2. The van der Waals surface area contributed by atoms with Gasteiger partial charge in [-0.3, -0.25) is 9.59 Å². The third-order valence-electron chi connectivity index (χ3n) is 18.3. The summed E-state index contributed by atoms with van der Waals surface area (Å²) in [6.45, 7) is 1.93. The van der Waals surface area contributed by atoms with Crippen LogP contribution >= 0.6 is 0 Å². The zero-order valence-corrected chi connectivity index (χ0v) is 42.6. The Morgan fingerprint density at radius 1 is 0.892 bits per heavy atom. The van der Waals surface area contributed by atoms with Gasteiger partial charge in [-0.25, -0.2) is 4.79 Å². The summed E-state index contributed by atoms with van der Waals surface area (Å²) in [6.07, 6.45) is 14.9. The van der Waals surface area contributed by atoms with Gasteiger partial charge in [0.1, 0.15) is 29.0 Å². The molecule has 3 aliphatic heterocycles. The second-order valence-corrected chi connectivity index (χ2v) is 23.2. The lowest BCUT2D eigenvalue weighted by Crippen LogP contribution is -2.70. The smallest absolute Gasteiger partial charge is 0.334 e. The van der Waals surface area contributed by atoms with Crippen LogP contribution in [0.3, 0.4) is 0 Å². The van der Waals surface area contributed by atoms with Crippen molar-refractivity contribution in [3.8, 4) is 23.3 Å². The minimum Gasteiger partial charge on any atom is -0.507 e. The van der Waals surface area contributed by atoms with Crippen LogP contribution in [0.15, 0.2) is 84.5 Å². The summed E-state index contributed by atoms with van der Waals surface area (Å²) in [5.41, 5.74) is 2.61. The van der Waals surface area contributed by atoms with E-state index in [2.05, 4.69) is 41.5 Å². The summed E-state index contributed by atoms with van der Waals surface area (Å²) in [5, 5.41) is 64.7. The number of aliphatic hydroxyl groups is 4. The predicted octanol–water partition coefficient (Wildman–Crippen LogP) is 8.21. The zero-order chi connectivity index (χ0) is 51.5. The number of esters is 2. The number of allylic oxidation sites excluding steroid dienone is 4. The van der Waals surface area contributed by atoms with Crippen molar-refractivity contribution in [3.63, 3.8) is 0 Å². The van der Waals surface area contributed by atoms with Crippen LogP contribution in [0, 0.1) is 53.3 Å². The van der Waals surface area contributed by atoms with Gasteiger partial charge in [-0.05, 0) is 133 Å². The molecule has 12 nitrogen and oxygen atoms in total. The number of carbonyl (C=O) groups excluding carboxylic acids is 3. The third kappa shape index (κ3) is 9.57. The number of benzene rings is 3. The number of aromatic hydroxyl groups is 1. The molecular weight excluding hydrogens is 935 g/mol. The molecule has 3 heterocycles. The molecule has 0 saturated heterocycles. The number of hydrogen-bond acceptors (Lipinski definition) is 12. The highest BCUT2D eigenvalue weighted by Gasteiger charge is 2.67. The van der Waals surface area contributed by atoms with Crippen LogP contribution in [-0.4, -0.2) is 86.9 Å². The Hall–Kier alpha value is -5.55. The number of aliphatic hydroxyl groups excluding tert-OH is 2. The SMILES string of the molecule is COCC[C@@](C)(O)CNc1cc(CO)cc([C@@H]2C#C[C@@H]3CC(=O)Oc4c3cc(c(O)c4C3CCCCC3)C[C@H]3OC(=O)/C(=C\[C@@H](O)Cc4cccc(c4)C[C@@H]4C(=O)C[C@@H]5C=C[C@H]6[C@@H]7C=CCC[C@@H]7[C@]3(O)[C@@H]5[C@H]64)C2)c1. The van der Waals surface area contributed by atoms with Gasteiger partial charge in [0.25, 0.3) is 0 Å². The van der Waals surface area contributed by atoms with Gasteiger partial charge in [0.15, 0.2) is 0 Å². The van der Waals surface area contributed by atoms with Crippen LogP contribution in [0.4, 0.5) is 5.69 Å². The number of anilines is 1. The van der Waals surface area contributed by atoms with E-state index in [1.54, 1.807) is 26.2 Å². The van der Waals surface area contributed by atoms with E-state index in [-0.39, 0.29) is 97.9 Å². The third-order valence-corrected chi connectivity index (χ3v) is 18.3. The number of ketones is 1. The molecule has 0 aromatic heterocycles. The summed E-state index contributed by atoms with van der Waals surface area (Å²) >= 11 is 0. The molecule has 0 unspecified atom stereocenters. The molecule has 0 radical (unpaired) electrons. The average Bonchev–Trinajstić information content (AvgIpc) is 3.40. The van der Waals surface area contributed by atoms with Crippen LogP contribution in [0.1, 0.15) is 134 Å². The number of carbonyl (C=O) groups is 3. The molecule has 3 fully saturated rings. The topological polar surface area (TPSA) is 192 Å². The number of fused-ring (bicyclic) bond motifs is 10. The Kier molecular flexibility index (Phi) is 14.0. The fourth-order valence-corrected chi connectivity index (χ4v) is 14.8. The molecular formula is C62H71NO11. The quantitative estimate of drug-likeness (QED) is 0.0522. The molecule has 3 saturated carbocycles. The van der Waals surface area contributed by atoms with E-state index in [0.717, 1.165) is 43.2 Å². The highest BCUT2D eigenvalue weighted by molar-refractivity contribution is 5.89. The van der Waals surface area contributed by atoms with Crippen molar-refractivity contribution in [3.05, 3.63) is 123 Å². The summed E-state index contributed by atoms with van der Waals surface area (Å²) in [7, 11) is 1.58. The maximum Gasteiger partial charge on any atom is 0.334 e. The molecule has 6 N–H and O–H groups in total. The molecule has 8 aliphatic rings. The van der Waals surface area contributed by atoms with E-state index >= 15 is 4.79 Å². The summed E-state index contributed by atoms with van der Waals surface area (Å²) in [5.74, 6) is 2.61. The first-order chi connectivity index (χ1) is 35.7. The lowest BCUT2D eigenvalue weighted by atomic mass is 9.42. The second kappa shape index (κ2) is 20.5. The molecule has 390 valence electrons. The number of nitrogens with one attached hydrogen (secondary N) is 1. The van der Waals surface area contributed by atoms with Gasteiger partial charge in [0, 0.05) is 86.1 Å². The first kappa shape index (κ1) is 50.6. The van der Waals surface area contributed by atoms with Crippen molar-refractivity contribution in [2.45, 2.75) is 145 Å². The summed E-state index contributed by atoms with van der Waals surface area (Å²) < 4.78 is 18.5. The summed E-state index contributed by atoms with van der Waals surface area (Å²) in [4.78, 5) is 44.2. The van der Waals surface area contributed by atoms with E-state index in [4.69, 9.17) is 14.2 Å². The van der Waals surface area contributed by atoms with Crippen molar-refractivity contribution in [2.75, 3.05) is 25.6 Å². The fraction of sp³-hybridized carbons (Fsp3) is 0.532. The zero-order valence-electron chi connectivity index (χ0n) is 42.6. The average molecular weight is 1010 g/mol. The number of Topliss-reactive ketones (excluding diaryl/α,β-unsaturated/α-hetero) is 1. The molecule has 0 spiro atoms. The van der Waals surface area contributed by atoms with Crippen molar-refractivity contribution in [1.82, 2.24) is 0 Å². The number of methoxy groups -OCH3 is 1. The van der Waals surface area contributed by atoms with E-state index in [9.17, 15) is 35.1 Å². The number of ether oxygens (including phenoxy) is 3. The number of phenolic OH excluding ortho intramolecular Hbond substituents is 1. The van der Waals surface area contributed by atoms with E-state index < -0.39 is 59.0 Å². The largest absolute Gasteiger partial charge is 0.507 e. The van der Waals surface area contributed by atoms with E-state index in [1.807, 2.05) is 42.5 Å². The van der Waals surface area contributed by atoms with Crippen molar-refractivity contribution >= 4 is 23.4 Å². The minimum absolute atomic E-state index is 0.0292. The minimum atomic E-state index is -1.69. The Labute approximate surface area is 434 Å². The summed E-state index contributed by atoms with van der Waals surface area (Å²) in [6, 6.07) is 15.4. The normalized spacial score (nSPS) is 33.8. The Morgan fingerprint density at radius 3 is 2.49 bits per heavy atom. The fourth-order valence-electron chi connectivity index (χ4n) is 14.8. The standard InChI is InChI=1S/C62H71NO11/c1-61(70,19-20-72-2)34-63-45-23-37(33-64)22-42(27-45)39-15-16-40-32-54(67)74-59-49(40)29-43(58(68)55(59)38-11-4-3-5-12-38)31-53-62(71)51-14-7-6-13-47(51)48-18-17-41-30-52(66)50(56(48)57(41)62)25-36-10-8-9-35(21-36)24-46(65)28-44(26-39)60(69)73-53/h6,8-10,13,17-18,21-23,27-29,38-41,46-48,50-51,53,56-57,63-65,68,70-71H,3-5,7,11-12,14,19-20,24-26,30-34H2,1-2H3/b44-28-/t39-,40-,41+,46+,47+,48+,50-,51+,53-,56-,57+,61-,62-/m1/s1. The number of rotatable bonds is 9. The molecule has 5 aliphatic carbocycles. The number of phenols is 1. The maximum absolute atomic E-state index is 15.8. The Bertz CT molecular complexity index is 2850. The first-order valence-corrected chi connectivity index (χ1v) is 27.3. The molecule has 11 rings (SSSR count). The maximum atomic E-state index is 15.8. The van der Waals surface area contributed by atoms with Gasteiger partial charge in [-0.15, -0.1) is 0 Å². The van der Waals surface area contributed by atoms with Gasteiger partial charge < -0.3 is 45.1 Å². The van der Waals surface area contributed by atoms with Crippen LogP contribution in [-0.2, 0) is 49.7 Å². The van der Waals surface area contributed by atoms with Crippen molar-refractivity contribution < 1.29 is 54.1 Å². The lowest BCUT2D eigenvalue weighted by Gasteiger charge is -2.64. The van der Waals surface area contributed by atoms with Gasteiger partial charge in [-0.2, -0.15) is 0 Å². The monoisotopic (exact) mass is 1010 g/mol. The Balaban J connectivity index is 1.13. The molecule has 12 bridgehead atoms. The molecule has 3 aromatic rings. The predicted molar refractivity (Wildman–Crippen MR) is 278 cm³/mol. The van der Waals surface area contributed by atoms with Gasteiger partial charge in [0.2, 0.25) is 0 Å². The van der Waals surface area contributed by atoms with E-state index in [0.29, 0.717) is 71.5 Å².